The summed E-state index contributed by atoms with van der Waals surface area (Å²) in [5.41, 5.74) is 8.49. The van der Waals surface area contributed by atoms with Gasteiger partial charge in [0.1, 0.15) is 11.8 Å². The molecule has 3 nitrogen and oxygen atoms in total. The first-order valence-corrected chi connectivity index (χ1v) is 7.76. The zero-order chi connectivity index (χ0) is 17.6. The molecule has 3 aromatic rings. The zero-order valence-electron chi connectivity index (χ0n) is 13.8. The van der Waals surface area contributed by atoms with Crippen LogP contribution in [-0.2, 0) is 0 Å². The number of allylic oxidation sites excluding steroid dienone is 2. The first-order valence-electron chi connectivity index (χ1n) is 7.76. The maximum absolute atomic E-state index is 9.43. The van der Waals surface area contributed by atoms with Gasteiger partial charge >= 0.3 is 0 Å². The number of nitriles is 1. The van der Waals surface area contributed by atoms with E-state index < -0.39 is 0 Å². The molecule has 3 heteroatoms. The van der Waals surface area contributed by atoms with Gasteiger partial charge in [0.15, 0.2) is 0 Å². The maximum Gasteiger partial charge on any atom is 0.120 e. The molecule has 25 heavy (non-hydrogen) atoms. The summed E-state index contributed by atoms with van der Waals surface area (Å²) >= 11 is 0. The molecule has 0 aliphatic rings. The van der Waals surface area contributed by atoms with E-state index in [4.69, 9.17) is 10.5 Å². The summed E-state index contributed by atoms with van der Waals surface area (Å²) < 4.78 is 5.13. The van der Waals surface area contributed by atoms with Crippen LogP contribution in [0.5, 0.6) is 5.75 Å². The molecule has 0 aliphatic carbocycles. The van der Waals surface area contributed by atoms with Crippen molar-refractivity contribution in [1.29, 1.82) is 5.26 Å². The largest absolute Gasteiger partial charge is 0.497 e. The fourth-order valence-corrected chi connectivity index (χ4v) is 2.60. The fourth-order valence-electron chi connectivity index (χ4n) is 2.60. The third kappa shape index (κ3) is 3.47. The molecule has 2 N–H and O–H groups in total. The van der Waals surface area contributed by atoms with Crippen LogP contribution >= 0.6 is 0 Å². The highest BCUT2D eigenvalue weighted by Crippen LogP contribution is 2.25. The number of hydrogen-bond donors (Lipinski definition) is 1. The number of nitrogens with zero attached hydrogens (tertiary/aromatic N) is 1. The number of fused-ring (bicyclic) bond motifs is 1. The standard InChI is InChI=1S/C22H16N2O/c1-25-19-12-13-21(22(24)14-19)18(15-23)10-5-9-17-8-4-7-16-6-2-3-11-20(16)17/h2-4,6-8,10-14H,24H2,1H3/b18-10+. The van der Waals surface area contributed by atoms with E-state index in [1.165, 1.54) is 0 Å². The number of hydrogen-bond acceptors (Lipinski definition) is 3. The van der Waals surface area contributed by atoms with Gasteiger partial charge in [-0.05, 0) is 29.0 Å². The third-order valence-corrected chi connectivity index (χ3v) is 3.88. The second-order valence-electron chi connectivity index (χ2n) is 5.42. The first kappa shape index (κ1) is 16.2. The van der Waals surface area contributed by atoms with Gasteiger partial charge in [-0.15, -0.1) is 0 Å². The summed E-state index contributed by atoms with van der Waals surface area (Å²) in [5.74, 6) is 6.75. The molecule has 120 valence electrons. The van der Waals surface area contributed by atoms with Crippen LogP contribution in [0.2, 0.25) is 0 Å². The van der Waals surface area contributed by atoms with Crippen LogP contribution in [0.15, 0.2) is 66.7 Å². The fraction of sp³-hybridized carbons (Fsp3) is 0.0455. The molecule has 0 radical (unpaired) electrons. The molecular weight excluding hydrogens is 308 g/mol. The number of benzene rings is 3. The van der Waals surface area contributed by atoms with E-state index in [1.54, 1.807) is 31.4 Å². The second-order valence-corrected chi connectivity index (χ2v) is 5.42. The third-order valence-electron chi connectivity index (χ3n) is 3.88. The molecule has 3 aromatic carbocycles. The van der Waals surface area contributed by atoms with Gasteiger partial charge in [-0.25, -0.2) is 0 Å². The quantitative estimate of drug-likeness (QED) is 0.432. The molecule has 0 aromatic heterocycles. The van der Waals surface area contributed by atoms with E-state index in [2.05, 4.69) is 30.0 Å². The molecule has 0 saturated heterocycles. The van der Waals surface area contributed by atoms with Crippen LogP contribution in [0.25, 0.3) is 16.3 Å². The molecule has 0 fully saturated rings. The van der Waals surface area contributed by atoms with Crippen LogP contribution < -0.4 is 10.5 Å². The molecule has 0 unspecified atom stereocenters. The molecule has 3 rings (SSSR count). The lowest BCUT2D eigenvalue weighted by Gasteiger charge is -2.06. The van der Waals surface area contributed by atoms with Crippen molar-refractivity contribution in [2.45, 2.75) is 0 Å². The summed E-state index contributed by atoms with van der Waals surface area (Å²) in [4.78, 5) is 0. The Bertz CT molecular complexity index is 1060. The van der Waals surface area contributed by atoms with Crippen LogP contribution in [0.4, 0.5) is 5.69 Å². The Morgan fingerprint density at radius 1 is 1.08 bits per heavy atom. The molecule has 0 spiro atoms. The van der Waals surface area contributed by atoms with E-state index >= 15 is 0 Å². The van der Waals surface area contributed by atoms with Gasteiger partial charge in [0, 0.05) is 29.0 Å². The number of methoxy groups -OCH3 is 1. The minimum Gasteiger partial charge on any atom is -0.497 e. The Kier molecular flexibility index (Phi) is 4.69. The van der Waals surface area contributed by atoms with E-state index in [0.717, 1.165) is 16.3 Å². The normalized spacial score (nSPS) is 10.6. The number of nitrogens with two attached hydrogens (primary N) is 1. The maximum atomic E-state index is 9.43. The zero-order valence-corrected chi connectivity index (χ0v) is 13.8. The summed E-state index contributed by atoms with van der Waals surface area (Å²) in [6.45, 7) is 0. The summed E-state index contributed by atoms with van der Waals surface area (Å²) in [7, 11) is 1.57. The van der Waals surface area contributed by atoms with Crippen LogP contribution in [0.1, 0.15) is 11.1 Å². The first-order chi connectivity index (χ1) is 12.2. The van der Waals surface area contributed by atoms with Crippen molar-refractivity contribution in [2.75, 3.05) is 12.8 Å². The summed E-state index contributed by atoms with van der Waals surface area (Å²) in [5, 5.41) is 11.7. The van der Waals surface area contributed by atoms with Crippen molar-refractivity contribution in [3.63, 3.8) is 0 Å². The van der Waals surface area contributed by atoms with Crippen molar-refractivity contribution in [3.8, 4) is 23.7 Å². The molecule has 0 heterocycles. The molecular formula is C22H16N2O. The predicted molar refractivity (Wildman–Crippen MR) is 102 cm³/mol. The molecule has 0 saturated carbocycles. The van der Waals surface area contributed by atoms with Crippen LogP contribution in [0, 0.1) is 23.2 Å². The Balaban J connectivity index is 1.98. The molecule has 0 amide bonds. The highest BCUT2D eigenvalue weighted by molar-refractivity contribution is 5.89. The van der Waals surface area contributed by atoms with E-state index in [1.807, 2.05) is 30.3 Å². The van der Waals surface area contributed by atoms with Crippen LogP contribution in [0.3, 0.4) is 0 Å². The smallest absolute Gasteiger partial charge is 0.120 e. The lowest BCUT2D eigenvalue weighted by molar-refractivity contribution is 0.415. The Labute approximate surface area is 147 Å². The van der Waals surface area contributed by atoms with Gasteiger partial charge in [-0.1, -0.05) is 48.2 Å². The van der Waals surface area contributed by atoms with Crippen molar-refractivity contribution in [3.05, 3.63) is 77.9 Å². The SMILES string of the molecule is COc1ccc(/C(C#N)=C/C#Cc2cccc3ccccc23)c(N)c1. The summed E-state index contributed by atoms with van der Waals surface area (Å²) in [6.07, 6.45) is 1.60. The van der Waals surface area contributed by atoms with Gasteiger partial charge in [-0.2, -0.15) is 5.26 Å². The Morgan fingerprint density at radius 2 is 1.88 bits per heavy atom. The van der Waals surface area contributed by atoms with Crippen LogP contribution in [-0.4, -0.2) is 7.11 Å². The molecule has 0 bridgehead atoms. The van der Waals surface area contributed by atoms with Crippen molar-refractivity contribution >= 4 is 22.0 Å². The topological polar surface area (TPSA) is 59.0 Å². The minimum absolute atomic E-state index is 0.424. The molecule has 0 aliphatic heterocycles. The van der Waals surface area contributed by atoms with Crippen molar-refractivity contribution in [2.24, 2.45) is 0 Å². The average Bonchev–Trinajstić information content (AvgIpc) is 2.66. The lowest BCUT2D eigenvalue weighted by Crippen LogP contribution is -1.94. The minimum atomic E-state index is 0.424. The van der Waals surface area contributed by atoms with Crippen molar-refractivity contribution < 1.29 is 4.74 Å². The Hall–Kier alpha value is -3.69. The van der Waals surface area contributed by atoms with Gasteiger partial charge in [0.2, 0.25) is 0 Å². The Morgan fingerprint density at radius 3 is 2.64 bits per heavy atom. The number of rotatable bonds is 2. The van der Waals surface area contributed by atoms with E-state index in [-0.39, 0.29) is 0 Å². The second kappa shape index (κ2) is 7.25. The van der Waals surface area contributed by atoms with Gasteiger partial charge in [0.25, 0.3) is 0 Å². The van der Waals surface area contributed by atoms with Crippen molar-refractivity contribution in [1.82, 2.24) is 0 Å². The average molecular weight is 324 g/mol. The molecule has 0 atom stereocenters. The number of anilines is 1. The lowest BCUT2D eigenvalue weighted by atomic mass is 10.0. The highest BCUT2D eigenvalue weighted by Gasteiger charge is 2.06. The summed E-state index contributed by atoms with van der Waals surface area (Å²) in [6, 6.07) is 21.5. The monoisotopic (exact) mass is 324 g/mol. The van der Waals surface area contributed by atoms with Gasteiger partial charge in [-0.3, -0.25) is 0 Å². The number of ether oxygens (including phenoxy) is 1. The highest BCUT2D eigenvalue weighted by atomic mass is 16.5. The van der Waals surface area contributed by atoms with Gasteiger partial charge in [0.05, 0.1) is 12.7 Å². The van der Waals surface area contributed by atoms with E-state index in [0.29, 0.717) is 22.6 Å². The number of nitrogen functional groups attached to an aromatic ring is 1. The van der Waals surface area contributed by atoms with Gasteiger partial charge < -0.3 is 10.5 Å². The van der Waals surface area contributed by atoms with E-state index in [9.17, 15) is 5.26 Å². The predicted octanol–water partition coefficient (Wildman–Crippen LogP) is 4.39.